The summed E-state index contributed by atoms with van der Waals surface area (Å²) in [6, 6.07) is 1.69. The third kappa shape index (κ3) is 1.80. The minimum Gasteiger partial charge on any atom is -0.469 e. The van der Waals surface area contributed by atoms with Crippen LogP contribution < -0.4 is 0 Å². The van der Waals surface area contributed by atoms with Crippen molar-refractivity contribution in [2.24, 2.45) is 22.7 Å². The van der Waals surface area contributed by atoms with E-state index >= 15 is 0 Å². The predicted octanol–water partition coefficient (Wildman–Crippen LogP) is 0.929. The van der Waals surface area contributed by atoms with Gasteiger partial charge in [-0.25, -0.2) is 0 Å². The van der Waals surface area contributed by atoms with Crippen LogP contribution >= 0.6 is 0 Å². The molecule has 0 radical (unpaired) electrons. The first-order valence-electron chi connectivity index (χ1n) is 9.46. The molecule has 0 aliphatic heterocycles. The zero-order valence-corrected chi connectivity index (χ0v) is 15.8. The molecule has 0 saturated heterocycles. The van der Waals surface area contributed by atoms with Gasteiger partial charge in [-0.3, -0.25) is 0 Å². The van der Waals surface area contributed by atoms with Crippen LogP contribution in [0.5, 0.6) is 0 Å². The Morgan fingerprint density at radius 1 is 1.08 bits per heavy atom. The second-order valence-corrected chi connectivity index (χ2v) is 9.66. The molecule has 0 bridgehead atoms. The third-order valence-corrected chi connectivity index (χ3v) is 8.26. The summed E-state index contributed by atoms with van der Waals surface area (Å²) >= 11 is 0. The molecule has 1 heterocycles. The molecule has 6 nitrogen and oxygen atoms in total. The van der Waals surface area contributed by atoms with Crippen LogP contribution in [-0.4, -0.2) is 49.4 Å². The van der Waals surface area contributed by atoms with Gasteiger partial charge in [0.1, 0.15) is 17.5 Å². The van der Waals surface area contributed by atoms with Crippen LogP contribution in [-0.2, 0) is 12.0 Å². The molecule has 6 heteroatoms. The highest BCUT2D eigenvalue weighted by molar-refractivity contribution is 5.35. The first-order chi connectivity index (χ1) is 11.9. The average molecular weight is 366 g/mol. The van der Waals surface area contributed by atoms with E-state index in [1.54, 1.807) is 19.9 Å². The summed E-state index contributed by atoms with van der Waals surface area (Å²) in [5.41, 5.74) is -4.34. The van der Waals surface area contributed by atoms with E-state index in [4.69, 9.17) is 4.42 Å². The molecule has 146 valence electrons. The van der Waals surface area contributed by atoms with Gasteiger partial charge in [0.2, 0.25) is 0 Å². The maximum Gasteiger partial charge on any atom is 0.110 e. The van der Waals surface area contributed by atoms with Gasteiger partial charge in [-0.05, 0) is 37.2 Å². The van der Waals surface area contributed by atoms with Crippen molar-refractivity contribution in [3.8, 4) is 0 Å². The molecule has 3 aliphatic carbocycles. The van der Waals surface area contributed by atoms with Crippen LogP contribution in [0.15, 0.2) is 16.7 Å². The standard InChI is InChI=1S/C20H30O6/c1-17(2)7-5-13(21)18(3)11-9-12-10(6-8-26-12)19(4,24)14(11)15(22)16(23)20(17,18)25/h6,8,11,13-16,21-25H,5,7,9H2,1-4H3/t11-,13-,14-,15+,16-,18-,19+,20+/m0/s1. The predicted molar refractivity (Wildman–Crippen MR) is 93.1 cm³/mol. The molecule has 1 aromatic heterocycles. The fourth-order valence-corrected chi connectivity index (χ4v) is 6.67. The maximum absolute atomic E-state index is 11.8. The van der Waals surface area contributed by atoms with Crippen LogP contribution in [0.2, 0.25) is 0 Å². The van der Waals surface area contributed by atoms with Crippen LogP contribution in [0.25, 0.3) is 0 Å². The van der Waals surface area contributed by atoms with E-state index in [0.29, 0.717) is 30.6 Å². The van der Waals surface area contributed by atoms with E-state index in [2.05, 4.69) is 0 Å². The van der Waals surface area contributed by atoms with Crippen LogP contribution in [0, 0.1) is 22.7 Å². The molecule has 0 amide bonds. The van der Waals surface area contributed by atoms with Crippen molar-refractivity contribution in [2.75, 3.05) is 0 Å². The second kappa shape index (κ2) is 5.11. The van der Waals surface area contributed by atoms with Crippen LogP contribution in [0.3, 0.4) is 0 Å². The van der Waals surface area contributed by atoms with Crippen molar-refractivity contribution in [2.45, 2.75) is 76.5 Å². The van der Waals surface area contributed by atoms with Gasteiger partial charge in [-0.15, -0.1) is 0 Å². The lowest BCUT2D eigenvalue weighted by Gasteiger charge is -2.70. The van der Waals surface area contributed by atoms with Crippen LogP contribution in [0.1, 0.15) is 51.9 Å². The van der Waals surface area contributed by atoms with Gasteiger partial charge < -0.3 is 29.9 Å². The van der Waals surface area contributed by atoms with Gasteiger partial charge in [0.15, 0.2) is 0 Å². The van der Waals surface area contributed by atoms with E-state index in [1.807, 2.05) is 13.8 Å². The van der Waals surface area contributed by atoms with Gasteiger partial charge in [-0.2, -0.15) is 0 Å². The Hall–Kier alpha value is -0.920. The van der Waals surface area contributed by atoms with E-state index < -0.39 is 52.2 Å². The van der Waals surface area contributed by atoms with Crippen molar-refractivity contribution < 1.29 is 29.9 Å². The zero-order chi connectivity index (χ0) is 19.3. The lowest BCUT2D eigenvalue weighted by molar-refractivity contribution is -0.348. The number of aliphatic hydroxyl groups excluding tert-OH is 3. The van der Waals surface area contributed by atoms with E-state index in [1.165, 1.54) is 6.26 Å². The molecule has 8 atom stereocenters. The quantitative estimate of drug-likeness (QED) is 0.467. The molecule has 3 aliphatic rings. The Kier molecular flexibility index (Phi) is 3.63. The topological polar surface area (TPSA) is 114 Å². The van der Waals surface area contributed by atoms with Gasteiger partial charge in [-0.1, -0.05) is 20.8 Å². The summed E-state index contributed by atoms with van der Waals surface area (Å²) < 4.78 is 5.58. The van der Waals surface area contributed by atoms with Crippen molar-refractivity contribution in [3.05, 3.63) is 23.7 Å². The smallest absolute Gasteiger partial charge is 0.110 e. The van der Waals surface area contributed by atoms with E-state index in [9.17, 15) is 25.5 Å². The minimum atomic E-state index is -1.70. The Morgan fingerprint density at radius 2 is 1.73 bits per heavy atom. The molecular weight excluding hydrogens is 336 g/mol. The fraction of sp³-hybridized carbons (Fsp3) is 0.800. The molecule has 5 N–H and O–H groups in total. The molecular formula is C20H30O6. The van der Waals surface area contributed by atoms with E-state index in [-0.39, 0.29) is 0 Å². The first-order valence-corrected chi connectivity index (χ1v) is 9.46. The van der Waals surface area contributed by atoms with E-state index in [0.717, 1.165) is 0 Å². The second-order valence-electron chi connectivity index (χ2n) is 9.66. The average Bonchev–Trinajstić information content (AvgIpc) is 3.03. The summed E-state index contributed by atoms with van der Waals surface area (Å²) in [4.78, 5) is 0. The highest BCUT2D eigenvalue weighted by atomic mass is 16.4. The largest absolute Gasteiger partial charge is 0.469 e. The SMILES string of the molecule is CC1(C)CC[C@H](O)[C@]2(C)[C@H]3Cc4occc4[C@@](C)(O)[C@@H]3[C@@H](O)[C@H](O)[C@@]12O. The molecule has 26 heavy (non-hydrogen) atoms. The minimum absolute atomic E-state index is 0.388. The molecule has 0 aromatic carbocycles. The number of aliphatic hydroxyl groups is 5. The Labute approximate surface area is 153 Å². The highest BCUT2D eigenvalue weighted by Gasteiger charge is 2.75. The molecule has 1 aromatic rings. The zero-order valence-electron chi connectivity index (χ0n) is 15.8. The molecule has 0 unspecified atom stereocenters. The third-order valence-electron chi connectivity index (χ3n) is 8.26. The Balaban J connectivity index is 1.97. The van der Waals surface area contributed by atoms with Gasteiger partial charge in [0.25, 0.3) is 0 Å². The van der Waals surface area contributed by atoms with Gasteiger partial charge in [0, 0.05) is 23.3 Å². The van der Waals surface area contributed by atoms with Crippen LogP contribution in [0.4, 0.5) is 0 Å². The van der Waals surface area contributed by atoms with Gasteiger partial charge >= 0.3 is 0 Å². The summed E-state index contributed by atoms with van der Waals surface area (Å²) in [5.74, 6) is -0.565. The number of hydrogen-bond donors (Lipinski definition) is 5. The number of rotatable bonds is 0. The lowest BCUT2D eigenvalue weighted by Crippen LogP contribution is -2.80. The summed E-state index contributed by atoms with van der Waals surface area (Å²) in [7, 11) is 0. The summed E-state index contributed by atoms with van der Waals surface area (Å²) in [6.45, 7) is 7.14. The molecule has 0 spiro atoms. The highest BCUT2D eigenvalue weighted by Crippen LogP contribution is 2.67. The van der Waals surface area contributed by atoms with Crippen molar-refractivity contribution in [1.82, 2.24) is 0 Å². The fourth-order valence-electron chi connectivity index (χ4n) is 6.67. The molecule has 2 saturated carbocycles. The monoisotopic (exact) mass is 366 g/mol. The number of fused-ring (bicyclic) bond motifs is 4. The first kappa shape index (κ1) is 18.4. The maximum atomic E-state index is 11.8. The number of furan rings is 1. The Morgan fingerprint density at radius 3 is 2.38 bits per heavy atom. The summed E-state index contributed by atoms with van der Waals surface area (Å²) in [5, 5.41) is 56.2. The molecule has 2 fully saturated rings. The number of hydrogen-bond acceptors (Lipinski definition) is 6. The van der Waals surface area contributed by atoms with Crippen molar-refractivity contribution >= 4 is 0 Å². The summed E-state index contributed by atoms with van der Waals surface area (Å²) in [6.07, 6.45) is -0.732. The molecule has 4 rings (SSSR count). The lowest BCUT2D eigenvalue weighted by atomic mass is 9.38. The Bertz CT molecular complexity index is 724. The van der Waals surface area contributed by atoms with Gasteiger partial charge in [0.05, 0.1) is 24.1 Å². The normalized spacial score (nSPS) is 52.7. The van der Waals surface area contributed by atoms with Crippen molar-refractivity contribution in [1.29, 1.82) is 0 Å². The van der Waals surface area contributed by atoms with Crippen molar-refractivity contribution in [3.63, 3.8) is 0 Å².